The predicted molar refractivity (Wildman–Crippen MR) is 85.0 cm³/mol. The molecular weight excluding hydrogens is 298 g/mol. The van der Waals surface area contributed by atoms with Gasteiger partial charge in [-0.05, 0) is 31.0 Å². The van der Waals surface area contributed by atoms with Crippen molar-refractivity contribution < 1.29 is 0 Å². The second-order valence-corrected chi connectivity index (χ2v) is 6.84. The number of aromatic nitrogens is 2. The molecule has 1 aromatic carbocycles. The number of thioether (sulfide) groups is 1. The van der Waals surface area contributed by atoms with Gasteiger partial charge in [0.25, 0.3) is 0 Å². The summed E-state index contributed by atoms with van der Waals surface area (Å²) in [4.78, 5) is 0. The van der Waals surface area contributed by atoms with E-state index in [0.29, 0.717) is 0 Å². The summed E-state index contributed by atoms with van der Waals surface area (Å²) in [6, 6.07) is 5.80. The van der Waals surface area contributed by atoms with Crippen molar-refractivity contribution >= 4 is 45.5 Å². The molecule has 0 amide bonds. The molecule has 0 unspecified atom stereocenters. The Morgan fingerprint density at radius 3 is 3.00 bits per heavy atom. The van der Waals surface area contributed by atoms with Gasteiger partial charge in [-0.15, -0.1) is 10.2 Å². The van der Waals surface area contributed by atoms with Crippen molar-refractivity contribution in [3.05, 3.63) is 28.8 Å². The van der Waals surface area contributed by atoms with E-state index in [0.717, 1.165) is 31.5 Å². The van der Waals surface area contributed by atoms with Gasteiger partial charge in [-0.1, -0.05) is 54.1 Å². The summed E-state index contributed by atoms with van der Waals surface area (Å²) in [5, 5.41) is 13.2. The van der Waals surface area contributed by atoms with Crippen LogP contribution in [0.15, 0.2) is 22.5 Å². The smallest absolute Gasteiger partial charge is 0.210 e. The standard InChI is InChI=1S/C13H16ClN3S2/c1-3-4-8-18-13-17-16-12(19-13)15-11-7-5-6-10(14)9(11)2/h5-7H,3-4,8H2,1-2H3,(H,15,16). The third-order valence-corrected chi connectivity index (χ3v) is 5.11. The number of nitrogens with one attached hydrogen (secondary N) is 1. The third-order valence-electron chi connectivity index (χ3n) is 2.64. The number of halogens is 1. The van der Waals surface area contributed by atoms with Crippen LogP contribution in [0.1, 0.15) is 25.3 Å². The van der Waals surface area contributed by atoms with Gasteiger partial charge in [0.1, 0.15) is 0 Å². The maximum Gasteiger partial charge on any atom is 0.210 e. The van der Waals surface area contributed by atoms with Crippen molar-refractivity contribution in [1.82, 2.24) is 10.2 Å². The number of unbranched alkanes of at least 4 members (excludes halogenated alkanes) is 1. The van der Waals surface area contributed by atoms with Gasteiger partial charge in [0.15, 0.2) is 4.34 Å². The number of benzene rings is 1. The molecule has 1 N–H and O–H groups in total. The summed E-state index contributed by atoms with van der Waals surface area (Å²) in [7, 11) is 0. The highest BCUT2D eigenvalue weighted by atomic mass is 35.5. The zero-order valence-corrected chi connectivity index (χ0v) is 13.3. The normalized spacial score (nSPS) is 10.7. The van der Waals surface area contributed by atoms with Crippen LogP contribution in [0.3, 0.4) is 0 Å². The van der Waals surface area contributed by atoms with Crippen molar-refractivity contribution in [2.45, 2.75) is 31.0 Å². The van der Waals surface area contributed by atoms with E-state index in [2.05, 4.69) is 22.4 Å². The van der Waals surface area contributed by atoms with Crippen LogP contribution < -0.4 is 5.32 Å². The number of hydrogen-bond acceptors (Lipinski definition) is 5. The monoisotopic (exact) mass is 313 g/mol. The van der Waals surface area contributed by atoms with Crippen LogP contribution in [0.2, 0.25) is 5.02 Å². The highest BCUT2D eigenvalue weighted by Gasteiger charge is 2.07. The topological polar surface area (TPSA) is 37.8 Å². The summed E-state index contributed by atoms with van der Waals surface area (Å²) in [6.07, 6.45) is 2.42. The SMILES string of the molecule is CCCCSc1nnc(Nc2cccc(Cl)c2C)s1. The first-order chi connectivity index (χ1) is 9.20. The van der Waals surface area contributed by atoms with E-state index in [1.54, 1.807) is 23.1 Å². The highest BCUT2D eigenvalue weighted by molar-refractivity contribution is 8.01. The molecular formula is C13H16ClN3S2. The molecule has 0 aliphatic heterocycles. The summed E-state index contributed by atoms with van der Waals surface area (Å²) >= 11 is 9.43. The van der Waals surface area contributed by atoms with E-state index < -0.39 is 0 Å². The molecule has 0 fully saturated rings. The molecule has 0 aliphatic carbocycles. The lowest BCUT2D eigenvalue weighted by Crippen LogP contribution is -1.92. The van der Waals surface area contributed by atoms with Gasteiger partial charge in [0, 0.05) is 16.5 Å². The van der Waals surface area contributed by atoms with Crippen molar-refractivity contribution in [3.63, 3.8) is 0 Å². The third kappa shape index (κ3) is 4.09. The van der Waals surface area contributed by atoms with E-state index in [-0.39, 0.29) is 0 Å². The Balaban J connectivity index is 2.01. The molecule has 0 bridgehead atoms. The van der Waals surface area contributed by atoms with E-state index in [4.69, 9.17) is 11.6 Å². The lowest BCUT2D eigenvalue weighted by atomic mass is 10.2. The number of hydrogen-bond donors (Lipinski definition) is 1. The van der Waals surface area contributed by atoms with Crippen LogP contribution >= 0.6 is 34.7 Å². The summed E-state index contributed by atoms with van der Waals surface area (Å²) in [6.45, 7) is 4.18. The molecule has 3 nitrogen and oxygen atoms in total. The first kappa shape index (κ1) is 14.6. The van der Waals surface area contributed by atoms with E-state index in [1.807, 2.05) is 25.1 Å². The van der Waals surface area contributed by atoms with Crippen molar-refractivity contribution in [2.24, 2.45) is 0 Å². The molecule has 0 aliphatic rings. The molecule has 0 spiro atoms. The molecule has 1 aromatic heterocycles. The second kappa shape index (κ2) is 7.12. The van der Waals surface area contributed by atoms with Gasteiger partial charge in [-0.2, -0.15) is 0 Å². The maximum atomic E-state index is 6.09. The molecule has 19 heavy (non-hydrogen) atoms. The summed E-state index contributed by atoms with van der Waals surface area (Å²) < 4.78 is 1.01. The van der Waals surface area contributed by atoms with Crippen molar-refractivity contribution in [3.8, 4) is 0 Å². The van der Waals surface area contributed by atoms with Crippen LogP contribution in [0.5, 0.6) is 0 Å². The molecule has 0 radical (unpaired) electrons. The zero-order valence-electron chi connectivity index (χ0n) is 10.9. The Labute approximate surface area is 126 Å². The van der Waals surface area contributed by atoms with E-state index in [9.17, 15) is 0 Å². The van der Waals surface area contributed by atoms with Crippen LogP contribution in [-0.2, 0) is 0 Å². The van der Waals surface area contributed by atoms with E-state index >= 15 is 0 Å². The first-order valence-electron chi connectivity index (χ1n) is 6.19. The van der Waals surface area contributed by atoms with Crippen LogP contribution in [0.4, 0.5) is 10.8 Å². The Hall–Kier alpha value is -0.780. The van der Waals surface area contributed by atoms with E-state index in [1.165, 1.54) is 12.8 Å². The Morgan fingerprint density at radius 1 is 1.37 bits per heavy atom. The Morgan fingerprint density at radius 2 is 2.21 bits per heavy atom. The molecule has 2 rings (SSSR count). The summed E-state index contributed by atoms with van der Waals surface area (Å²) in [5.74, 6) is 1.10. The fraction of sp³-hybridized carbons (Fsp3) is 0.385. The lowest BCUT2D eigenvalue weighted by Gasteiger charge is -2.06. The highest BCUT2D eigenvalue weighted by Crippen LogP contribution is 2.30. The molecule has 102 valence electrons. The minimum atomic E-state index is 0.757. The molecule has 1 heterocycles. The average Bonchev–Trinajstić information content (AvgIpc) is 2.83. The predicted octanol–water partition coefficient (Wildman–Crippen LogP) is 5.14. The zero-order chi connectivity index (χ0) is 13.7. The fourth-order valence-corrected chi connectivity index (χ4v) is 3.57. The van der Waals surface area contributed by atoms with Gasteiger partial charge in [0.05, 0.1) is 0 Å². The van der Waals surface area contributed by atoms with Crippen LogP contribution in [0, 0.1) is 6.92 Å². The first-order valence-corrected chi connectivity index (χ1v) is 8.37. The van der Waals surface area contributed by atoms with Gasteiger partial charge < -0.3 is 5.32 Å². The second-order valence-electron chi connectivity index (χ2n) is 4.11. The molecule has 6 heteroatoms. The molecule has 0 atom stereocenters. The van der Waals surface area contributed by atoms with Crippen molar-refractivity contribution in [1.29, 1.82) is 0 Å². The summed E-state index contributed by atoms with van der Waals surface area (Å²) in [5.41, 5.74) is 2.01. The van der Waals surface area contributed by atoms with Gasteiger partial charge in [-0.3, -0.25) is 0 Å². The van der Waals surface area contributed by atoms with Crippen molar-refractivity contribution in [2.75, 3.05) is 11.1 Å². The Bertz CT molecular complexity index is 542. The van der Waals surface area contributed by atoms with Crippen LogP contribution in [-0.4, -0.2) is 16.0 Å². The minimum absolute atomic E-state index is 0.757. The molecule has 0 saturated heterocycles. The van der Waals surface area contributed by atoms with Gasteiger partial charge >= 0.3 is 0 Å². The number of nitrogens with zero attached hydrogens (tertiary/aromatic N) is 2. The minimum Gasteiger partial charge on any atom is -0.330 e. The lowest BCUT2D eigenvalue weighted by molar-refractivity contribution is 0.894. The average molecular weight is 314 g/mol. The van der Waals surface area contributed by atoms with Gasteiger partial charge in [0.2, 0.25) is 5.13 Å². The number of anilines is 2. The Kier molecular flexibility index (Phi) is 5.48. The number of rotatable bonds is 6. The quantitative estimate of drug-likeness (QED) is 0.592. The molecule has 0 saturated carbocycles. The molecule has 2 aromatic rings. The van der Waals surface area contributed by atoms with Crippen LogP contribution in [0.25, 0.3) is 0 Å². The fourth-order valence-electron chi connectivity index (χ4n) is 1.48. The maximum absolute atomic E-state index is 6.09. The van der Waals surface area contributed by atoms with Gasteiger partial charge in [-0.25, -0.2) is 0 Å². The largest absolute Gasteiger partial charge is 0.330 e.